The Morgan fingerprint density at radius 3 is 2.16 bits per heavy atom. The first kappa shape index (κ1) is 29.1. The van der Waals surface area contributed by atoms with E-state index in [1.54, 1.807) is 6.92 Å². The van der Waals surface area contributed by atoms with Crippen LogP contribution in [-0.4, -0.2) is 66.0 Å². The van der Waals surface area contributed by atoms with Gasteiger partial charge in [-0.15, -0.1) is 0 Å². The van der Waals surface area contributed by atoms with Gasteiger partial charge in [-0.25, -0.2) is 4.79 Å². The molecule has 0 aromatic heterocycles. The number of carbonyl (C=O) groups is 4. The quantitative estimate of drug-likeness (QED) is 0.0882. The minimum absolute atomic E-state index is 0.100. The third-order valence-corrected chi connectivity index (χ3v) is 4.86. The lowest BCUT2D eigenvalue weighted by atomic mass is 9.97. The van der Waals surface area contributed by atoms with Gasteiger partial charge in [-0.2, -0.15) is 0 Å². The molecule has 0 fully saturated rings. The second-order valence-corrected chi connectivity index (χ2v) is 8.23. The van der Waals surface area contributed by atoms with Crippen LogP contribution in [0.4, 0.5) is 0 Å². The number of nitrogens with zero attached hydrogens (tertiary/aromatic N) is 1. The zero-order valence-electron chi connectivity index (χ0n) is 19.4. The zero-order valence-corrected chi connectivity index (χ0v) is 19.4. The van der Waals surface area contributed by atoms with Crippen LogP contribution in [0.2, 0.25) is 0 Å². The van der Waals surface area contributed by atoms with Gasteiger partial charge in [0.25, 0.3) is 0 Å². The maximum Gasteiger partial charge on any atom is 0.326 e. The van der Waals surface area contributed by atoms with Gasteiger partial charge in [0.2, 0.25) is 17.7 Å². The molecule has 0 saturated heterocycles. The van der Waals surface area contributed by atoms with E-state index in [-0.39, 0.29) is 30.8 Å². The topological polar surface area (TPSA) is 215 Å². The Bertz CT molecular complexity index is 665. The first-order valence-corrected chi connectivity index (χ1v) is 10.8. The molecule has 4 unspecified atom stereocenters. The second-order valence-electron chi connectivity index (χ2n) is 8.23. The summed E-state index contributed by atoms with van der Waals surface area (Å²) in [5.74, 6) is -2.93. The predicted molar refractivity (Wildman–Crippen MR) is 121 cm³/mol. The highest BCUT2D eigenvalue weighted by Gasteiger charge is 2.28. The zero-order chi connectivity index (χ0) is 24.8. The van der Waals surface area contributed by atoms with Crippen LogP contribution < -0.4 is 33.2 Å². The van der Waals surface area contributed by atoms with Crippen molar-refractivity contribution in [1.29, 1.82) is 0 Å². The van der Waals surface area contributed by atoms with Crippen molar-refractivity contribution in [3.05, 3.63) is 0 Å². The molecule has 3 amide bonds. The molecule has 0 radical (unpaired) electrons. The Morgan fingerprint density at radius 1 is 1.03 bits per heavy atom. The van der Waals surface area contributed by atoms with E-state index in [0.29, 0.717) is 19.3 Å². The molecule has 10 N–H and O–H groups in total. The number of aliphatic imine (C=N–C) groups is 1. The molecule has 12 heteroatoms. The first-order valence-electron chi connectivity index (χ1n) is 10.8. The van der Waals surface area contributed by atoms with Crippen LogP contribution in [0.3, 0.4) is 0 Å². The highest BCUT2D eigenvalue weighted by Crippen LogP contribution is 2.10. The summed E-state index contributed by atoms with van der Waals surface area (Å²) in [6, 6.07) is -2.76. The molecule has 0 bridgehead atoms. The Morgan fingerprint density at radius 2 is 1.66 bits per heavy atom. The van der Waals surface area contributed by atoms with Gasteiger partial charge in [-0.05, 0) is 31.1 Å². The standard InChI is InChI=1S/C20H39N7O5/c1-5-12(4)16(27-17(29)13(21)9-11(2)3)18(30)25-10-15(28)26-14(19(31)32)7-6-8-24-20(22)23/h11-14,16H,5-10,21H2,1-4H3,(H,25,30)(H,26,28)(H,27,29)(H,31,32)(H4,22,23,24). The molecule has 0 aliphatic heterocycles. The Labute approximate surface area is 189 Å². The summed E-state index contributed by atoms with van der Waals surface area (Å²) in [4.78, 5) is 52.2. The average molecular weight is 458 g/mol. The van der Waals surface area contributed by atoms with Gasteiger partial charge in [0.05, 0.1) is 12.6 Å². The number of aliphatic carboxylic acids is 1. The van der Waals surface area contributed by atoms with Crippen molar-refractivity contribution in [2.24, 2.45) is 34.0 Å². The Hall–Kier alpha value is -2.89. The first-order chi connectivity index (χ1) is 14.9. The minimum Gasteiger partial charge on any atom is -0.480 e. The number of amides is 3. The lowest BCUT2D eigenvalue weighted by Gasteiger charge is -2.25. The highest BCUT2D eigenvalue weighted by molar-refractivity contribution is 5.92. The SMILES string of the molecule is CCC(C)C(NC(=O)C(N)CC(C)C)C(=O)NCC(=O)NC(CCCN=C(N)N)C(=O)O. The van der Waals surface area contributed by atoms with Gasteiger partial charge in [-0.1, -0.05) is 34.1 Å². The van der Waals surface area contributed by atoms with Gasteiger partial charge in [0, 0.05) is 6.54 Å². The van der Waals surface area contributed by atoms with Crippen LogP contribution in [0, 0.1) is 11.8 Å². The summed E-state index contributed by atoms with van der Waals surface area (Å²) in [7, 11) is 0. The fourth-order valence-electron chi connectivity index (χ4n) is 2.86. The molecular weight excluding hydrogens is 418 g/mol. The van der Waals surface area contributed by atoms with Crippen LogP contribution in [0.1, 0.15) is 53.4 Å². The average Bonchev–Trinajstić information content (AvgIpc) is 2.70. The molecule has 184 valence electrons. The van der Waals surface area contributed by atoms with Crippen molar-refractivity contribution in [3.63, 3.8) is 0 Å². The van der Waals surface area contributed by atoms with Gasteiger partial charge < -0.3 is 38.3 Å². The van der Waals surface area contributed by atoms with E-state index in [1.165, 1.54) is 0 Å². The number of carbonyl (C=O) groups excluding carboxylic acids is 3. The summed E-state index contributed by atoms with van der Waals surface area (Å²) in [5, 5.41) is 16.7. The third kappa shape index (κ3) is 12.1. The van der Waals surface area contributed by atoms with E-state index < -0.39 is 48.4 Å². The normalized spacial score (nSPS) is 14.6. The van der Waals surface area contributed by atoms with Crippen molar-refractivity contribution >= 4 is 29.7 Å². The number of hydrogen-bond acceptors (Lipinski definition) is 6. The molecule has 0 aromatic carbocycles. The van der Waals surface area contributed by atoms with E-state index in [0.717, 1.165) is 0 Å². The molecule has 12 nitrogen and oxygen atoms in total. The van der Waals surface area contributed by atoms with Crippen LogP contribution in [0.25, 0.3) is 0 Å². The van der Waals surface area contributed by atoms with Crippen LogP contribution in [-0.2, 0) is 19.2 Å². The number of carboxylic acids is 1. The van der Waals surface area contributed by atoms with Crippen molar-refractivity contribution in [2.45, 2.75) is 71.5 Å². The van der Waals surface area contributed by atoms with Crippen molar-refractivity contribution < 1.29 is 24.3 Å². The maximum atomic E-state index is 12.6. The minimum atomic E-state index is -1.21. The summed E-state index contributed by atoms with van der Waals surface area (Å²) in [6.45, 7) is 7.35. The van der Waals surface area contributed by atoms with Crippen molar-refractivity contribution in [3.8, 4) is 0 Å². The molecule has 0 spiro atoms. The fraction of sp³-hybridized carbons (Fsp3) is 0.750. The van der Waals surface area contributed by atoms with Gasteiger partial charge >= 0.3 is 5.97 Å². The number of hydrogen-bond donors (Lipinski definition) is 7. The van der Waals surface area contributed by atoms with E-state index >= 15 is 0 Å². The van der Waals surface area contributed by atoms with E-state index in [2.05, 4.69) is 20.9 Å². The van der Waals surface area contributed by atoms with Gasteiger partial charge in [0.15, 0.2) is 5.96 Å². The summed E-state index contributed by atoms with van der Waals surface area (Å²) in [6.07, 6.45) is 1.55. The lowest BCUT2D eigenvalue weighted by molar-refractivity contribution is -0.142. The second kappa shape index (κ2) is 15.0. The molecular formula is C20H39N7O5. The van der Waals surface area contributed by atoms with Crippen LogP contribution >= 0.6 is 0 Å². The monoisotopic (exact) mass is 457 g/mol. The molecule has 0 heterocycles. The van der Waals surface area contributed by atoms with Gasteiger partial charge in [0.1, 0.15) is 12.1 Å². The molecule has 4 atom stereocenters. The number of nitrogens with two attached hydrogens (primary N) is 3. The lowest BCUT2D eigenvalue weighted by Crippen LogP contribution is -2.55. The summed E-state index contributed by atoms with van der Waals surface area (Å²) in [5.41, 5.74) is 16.3. The number of guanidine groups is 1. The molecule has 0 aromatic rings. The summed E-state index contributed by atoms with van der Waals surface area (Å²) < 4.78 is 0. The summed E-state index contributed by atoms with van der Waals surface area (Å²) >= 11 is 0. The molecule has 0 rings (SSSR count). The highest BCUT2D eigenvalue weighted by atomic mass is 16.4. The number of carboxylic acid groups (broad SMARTS) is 1. The maximum absolute atomic E-state index is 12.6. The Balaban J connectivity index is 4.84. The molecule has 0 saturated carbocycles. The van der Waals surface area contributed by atoms with Crippen LogP contribution in [0.15, 0.2) is 4.99 Å². The van der Waals surface area contributed by atoms with Crippen molar-refractivity contribution in [2.75, 3.05) is 13.1 Å². The largest absolute Gasteiger partial charge is 0.480 e. The molecule has 0 aliphatic carbocycles. The smallest absolute Gasteiger partial charge is 0.326 e. The van der Waals surface area contributed by atoms with E-state index in [1.807, 2.05) is 20.8 Å². The van der Waals surface area contributed by atoms with Gasteiger partial charge in [-0.3, -0.25) is 19.4 Å². The molecule has 32 heavy (non-hydrogen) atoms. The number of rotatable bonds is 15. The Kier molecular flexibility index (Phi) is 13.6. The van der Waals surface area contributed by atoms with Crippen LogP contribution in [0.5, 0.6) is 0 Å². The third-order valence-electron chi connectivity index (χ3n) is 4.86. The number of nitrogens with one attached hydrogen (secondary N) is 3. The predicted octanol–water partition coefficient (Wildman–Crippen LogP) is -1.37. The molecule has 0 aliphatic rings. The van der Waals surface area contributed by atoms with E-state index in [4.69, 9.17) is 17.2 Å². The van der Waals surface area contributed by atoms with E-state index in [9.17, 15) is 24.3 Å². The van der Waals surface area contributed by atoms with Crippen molar-refractivity contribution in [1.82, 2.24) is 16.0 Å². The fourth-order valence-corrected chi connectivity index (χ4v) is 2.86.